The van der Waals surface area contributed by atoms with Crippen molar-refractivity contribution in [3.63, 3.8) is 0 Å². The van der Waals surface area contributed by atoms with Gasteiger partial charge >= 0.3 is 0 Å². The normalized spacial score (nSPS) is 16.0. The highest BCUT2D eigenvalue weighted by atomic mass is 16.2. The van der Waals surface area contributed by atoms with Gasteiger partial charge in [-0.3, -0.25) is 19.7 Å². The SMILES string of the molecule is O=C(Cn1ncc(=O)c2ccccc21)NN1CCCCC1. The summed E-state index contributed by atoms with van der Waals surface area (Å²) in [4.78, 5) is 23.9. The molecule has 1 aliphatic rings. The van der Waals surface area contributed by atoms with E-state index in [9.17, 15) is 9.59 Å². The van der Waals surface area contributed by atoms with E-state index >= 15 is 0 Å². The summed E-state index contributed by atoms with van der Waals surface area (Å²) in [6, 6.07) is 7.20. The lowest BCUT2D eigenvalue weighted by atomic mass is 10.2. The van der Waals surface area contributed by atoms with Gasteiger partial charge in [-0.05, 0) is 25.0 Å². The molecule has 0 unspecified atom stereocenters. The first-order valence-corrected chi connectivity index (χ1v) is 7.23. The second kappa shape index (κ2) is 6.05. The minimum absolute atomic E-state index is 0.108. The molecule has 0 spiro atoms. The van der Waals surface area contributed by atoms with Crippen LogP contribution in [0.15, 0.2) is 35.3 Å². The van der Waals surface area contributed by atoms with Crippen molar-refractivity contribution in [3.05, 3.63) is 40.7 Å². The maximum absolute atomic E-state index is 12.1. The summed E-state index contributed by atoms with van der Waals surface area (Å²) in [6.45, 7) is 1.89. The topological polar surface area (TPSA) is 67.2 Å². The van der Waals surface area contributed by atoms with Crippen molar-refractivity contribution in [2.75, 3.05) is 13.1 Å². The molecule has 1 aromatic heterocycles. The molecule has 0 atom stereocenters. The first kappa shape index (κ1) is 13.8. The fraction of sp³-hybridized carbons (Fsp3) is 0.400. The number of hydrazine groups is 1. The number of fused-ring (bicyclic) bond motifs is 1. The lowest BCUT2D eigenvalue weighted by Gasteiger charge is -2.26. The zero-order valence-electron chi connectivity index (χ0n) is 11.8. The molecule has 1 aromatic carbocycles. The van der Waals surface area contributed by atoms with Gasteiger partial charge in [-0.15, -0.1) is 0 Å². The summed E-state index contributed by atoms with van der Waals surface area (Å²) in [5.74, 6) is -0.113. The Morgan fingerprint density at radius 2 is 1.95 bits per heavy atom. The van der Waals surface area contributed by atoms with E-state index < -0.39 is 0 Å². The lowest BCUT2D eigenvalue weighted by molar-refractivity contribution is -0.127. The average molecular weight is 286 g/mol. The summed E-state index contributed by atoms with van der Waals surface area (Å²) >= 11 is 0. The number of hydrogen-bond acceptors (Lipinski definition) is 4. The number of para-hydroxylation sites is 1. The Morgan fingerprint density at radius 1 is 1.19 bits per heavy atom. The van der Waals surface area contributed by atoms with Gasteiger partial charge in [0.1, 0.15) is 6.54 Å². The van der Waals surface area contributed by atoms with Crippen molar-refractivity contribution in [3.8, 4) is 0 Å². The molecule has 1 aliphatic heterocycles. The van der Waals surface area contributed by atoms with Crippen LogP contribution in [-0.4, -0.2) is 33.8 Å². The predicted octanol–water partition coefficient (Wildman–Crippen LogP) is 0.914. The lowest BCUT2D eigenvalue weighted by Crippen LogP contribution is -2.46. The van der Waals surface area contributed by atoms with E-state index in [4.69, 9.17) is 0 Å². The molecular weight excluding hydrogens is 268 g/mol. The van der Waals surface area contributed by atoms with Gasteiger partial charge < -0.3 is 0 Å². The third-order valence-corrected chi connectivity index (χ3v) is 3.69. The molecule has 1 fully saturated rings. The number of rotatable bonds is 3. The summed E-state index contributed by atoms with van der Waals surface area (Å²) in [5.41, 5.74) is 3.45. The minimum atomic E-state index is -0.127. The third kappa shape index (κ3) is 3.11. The van der Waals surface area contributed by atoms with Gasteiger partial charge in [0.2, 0.25) is 5.43 Å². The molecule has 1 amide bonds. The third-order valence-electron chi connectivity index (χ3n) is 3.69. The maximum atomic E-state index is 12.1. The Morgan fingerprint density at radius 3 is 2.76 bits per heavy atom. The van der Waals surface area contributed by atoms with Crippen LogP contribution >= 0.6 is 0 Å². The molecular formula is C15H18N4O2. The molecule has 0 radical (unpaired) electrons. The number of benzene rings is 1. The van der Waals surface area contributed by atoms with E-state index in [1.807, 2.05) is 17.1 Å². The van der Waals surface area contributed by atoms with Gasteiger partial charge in [0.15, 0.2) is 0 Å². The molecule has 6 nitrogen and oxygen atoms in total. The highest BCUT2D eigenvalue weighted by Gasteiger charge is 2.14. The number of nitrogens with zero attached hydrogens (tertiary/aromatic N) is 3. The van der Waals surface area contributed by atoms with Gasteiger partial charge in [0, 0.05) is 18.5 Å². The number of nitrogens with one attached hydrogen (secondary N) is 1. The van der Waals surface area contributed by atoms with E-state index in [0.29, 0.717) is 10.9 Å². The molecule has 21 heavy (non-hydrogen) atoms. The zero-order valence-corrected chi connectivity index (χ0v) is 11.8. The summed E-state index contributed by atoms with van der Waals surface area (Å²) in [5, 5.41) is 6.60. The predicted molar refractivity (Wildman–Crippen MR) is 79.6 cm³/mol. The molecule has 2 aromatic rings. The van der Waals surface area contributed by atoms with Crippen molar-refractivity contribution in [1.82, 2.24) is 20.2 Å². The molecule has 0 aliphatic carbocycles. The molecule has 1 N–H and O–H groups in total. The number of piperidine rings is 1. The van der Waals surface area contributed by atoms with Gasteiger partial charge in [0.05, 0.1) is 11.7 Å². The quantitative estimate of drug-likeness (QED) is 0.911. The Bertz CT molecular complexity index is 704. The van der Waals surface area contributed by atoms with Crippen LogP contribution in [0.4, 0.5) is 0 Å². The van der Waals surface area contributed by atoms with Gasteiger partial charge in [-0.1, -0.05) is 18.6 Å². The molecule has 1 saturated heterocycles. The number of aromatic nitrogens is 2. The van der Waals surface area contributed by atoms with Gasteiger partial charge in [-0.2, -0.15) is 5.10 Å². The van der Waals surface area contributed by atoms with Gasteiger partial charge in [0.25, 0.3) is 5.91 Å². The smallest absolute Gasteiger partial charge is 0.256 e. The van der Waals surface area contributed by atoms with Crippen LogP contribution in [0.25, 0.3) is 10.9 Å². The number of amides is 1. The van der Waals surface area contributed by atoms with Crippen LogP contribution in [0.5, 0.6) is 0 Å². The van der Waals surface area contributed by atoms with Crippen LogP contribution in [-0.2, 0) is 11.3 Å². The van der Waals surface area contributed by atoms with Crippen LogP contribution in [0.2, 0.25) is 0 Å². The summed E-state index contributed by atoms with van der Waals surface area (Å²) < 4.78 is 1.57. The Kier molecular flexibility index (Phi) is 3.96. The summed E-state index contributed by atoms with van der Waals surface area (Å²) in [6.07, 6.45) is 4.70. The van der Waals surface area contributed by atoms with Crippen molar-refractivity contribution in [2.45, 2.75) is 25.8 Å². The second-order valence-corrected chi connectivity index (χ2v) is 5.27. The van der Waals surface area contributed by atoms with E-state index in [1.54, 1.807) is 16.8 Å². The monoisotopic (exact) mass is 286 g/mol. The number of carbonyl (C=O) groups is 1. The summed E-state index contributed by atoms with van der Waals surface area (Å²) in [7, 11) is 0. The fourth-order valence-corrected chi connectivity index (χ4v) is 2.64. The molecule has 110 valence electrons. The van der Waals surface area contributed by atoms with Crippen molar-refractivity contribution >= 4 is 16.8 Å². The molecule has 0 saturated carbocycles. The second-order valence-electron chi connectivity index (χ2n) is 5.27. The standard InChI is InChI=1S/C15H18N4O2/c20-14-10-16-19(13-7-3-2-6-12(13)14)11-15(21)17-18-8-4-1-5-9-18/h2-3,6-7,10H,1,4-5,8-9,11H2,(H,17,21). The molecule has 0 bridgehead atoms. The van der Waals surface area contributed by atoms with Crippen molar-refractivity contribution < 1.29 is 4.79 Å². The molecule has 2 heterocycles. The number of carbonyl (C=O) groups excluding carboxylic acids is 1. The van der Waals surface area contributed by atoms with Crippen LogP contribution in [0.3, 0.4) is 0 Å². The van der Waals surface area contributed by atoms with E-state index in [2.05, 4.69) is 10.5 Å². The molecule has 3 rings (SSSR count). The van der Waals surface area contributed by atoms with Crippen molar-refractivity contribution in [1.29, 1.82) is 0 Å². The highest BCUT2D eigenvalue weighted by Crippen LogP contribution is 2.08. The Labute approximate surface area is 122 Å². The van der Waals surface area contributed by atoms with Crippen LogP contribution in [0.1, 0.15) is 19.3 Å². The van der Waals surface area contributed by atoms with Crippen LogP contribution < -0.4 is 10.9 Å². The largest absolute Gasteiger partial charge is 0.287 e. The Balaban J connectivity index is 1.77. The Hall–Kier alpha value is -2.21. The minimum Gasteiger partial charge on any atom is -0.287 e. The van der Waals surface area contributed by atoms with Crippen LogP contribution in [0, 0.1) is 0 Å². The van der Waals surface area contributed by atoms with Gasteiger partial charge in [-0.25, -0.2) is 5.01 Å². The average Bonchev–Trinajstić information content (AvgIpc) is 2.51. The first-order valence-electron chi connectivity index (χ1n) is 7.23. The first-order chi connectivity index (χ1) is 10.2. The van der Waals surface area contributed by atoms with E-state index in [-0.39, 0.29) is 17.9 Å². The maximum Gasteiger partial charge on any atom is 0.256 e. The van der Waals surface area contributed by atoms with E-state index in [0.717, 1.165) is 25.9 Å². The molecule has 6 heteroatoms. The highest BCUT2D eigenvalue weighted by molar-refractivity contribution is 5.81. The zero-order chi connectivity index (χ0) is 14.7. The van der Waals surface area contributed by atoms with E-state index in [1.165, 1.54) is 12.6 Å². The van der Waals surface area contributed by atoms with Crippen molar-refractivity contribution in [2.24, 2.45) is 0 Å². The fourth-order valence-electron chi connectivity index (χ4n) is 2.64. The number of hydrogen-bond donors (Lipinski definition) is 1.